The monoisotopic (exact) mass is 316 g/mol. The van der Waals surface area contributed by atoms with Crippen molar-refractivity contribution in [3.05, 3.63) is 36.3 Å². The second-order valence-electron chi connectivity index (χ2n) is 6.18. The van der Waals surface area contributed by atoms with Crippen molar-refractivity contribution < 1.29 is 9.90 Å². The number of nitrogens with zero attached hydrogens (tertiary/aromatic N) is 4. The summed E-state index contributed by atoms with van der Waals surface area (Å²) in [6.45, 7) is 2.51. The van der Waals surface area contributed by atoms with E-state index in [1.165, 1.54) is 0 Å². The molecule has 3 rings (SSSR count). The zero-order valence-electron chi connectivity index (χ0n) is 13.6. The Morgan fingerprint density at radius 1 is 1.39 bits per heavy atom. The van der Waals surface area contributed by atoms with Gasteiger partial charge in [-0.15, -0.1) is 0 Å². The van der Waals surface area contributed by atoms with E-state index >= 15 is 0 Å². The second-order valence-corrected chi connectivity index (χ2v) is 6.18. The highest BCUT2D eigenvalue weighted by atomic mass is 16.3. The van der Waals surface area contributed by atoms with Crippen molar-refractivity contribution in [3.63, 3.8) is 0 Å². The Bertz CT molecular complexity index is 636. The van der Waals surface area contributed by atoms with Gasteiger partial charge in [0.1, 0.15) is 5.65 Å². The average molecular weight is 316 g/mol. The first-order valence-electron chi connectivity index (χ1n) is 8.19. The number of carbonyl (C=O) groups excluding carboxylic acids is 1. The quantitative estimate of drug-likeness (QED) is 0.886. The number of hydrogen-bond acceptors (Lipinski definition) is 4. The smallest absolute Gasteiger partial charge is 0.223 e. The lowest BCUT2D eigenvalue weighted by molar-refractivity contribution is -0.134. The minimum Gasteiger partial charge on any atom is -0.396 e. The van der Waals surface area contributed by atoms with Crippen LogP contribution in [0.15, 0.2) is 30.6 Å². The van der Waals surface area contributed by atoms with E-state index in [4.69, 9.17) is 5.11 Å². The van der Waals surface area contributed by atoms with Crippen molar-refractivity contribution >= 4 is 11.6 Å². The molecular formula is C17H24N4O2. The molecule has 1 unspecified atom stereocenters. The van der Waals surface area contributed by atoms with Crippen molar-refractivity contribution in [3.8, 4) is 0 Å². The number of pyridine rings is 1. The predicted octanol–water partition coefficient (Wildman–Crippen LogP) is 0.792. The third kappa shape index (κ3) is 3.71. The Hall–Kier alpha value is -1.92. The predicted molar refractivity (Wildman–Crippen MR) is 88.2 cm³/mol. The Morgan fingerprint density at radius 2 is 2.26 bits per heavy atom. The molecule has 0 radical (unpaired) electrons. The van der Waals surface area contributed by atoms with Crippen LogP contribution >= 0.6 is 0 Å². The molecule has 2 aromatic heterocycles. The summed E-state index contributed by atoms with van der Waals surface area (Å²) in [4.78, 5) is 21.1. The van der Waals surface area contributed by atoms with Crippen LogP contribution in [0.1, 0.15) is 18.5 Å². The fraction of sp³-hybridized carbons (Fsp3) is 0.529. The van der Waals surface area contributed by atoms with E-state index in [1.54, 1.807) is 0 Å². The molecule has 23 heavy (non-hydrogen) atoms. The number of aliphatic hydroxyl groups is 1. The number of aromatic nitrogens is 2. The number of hydrogen-bond donors (Lipinski definition) is 1. The number of amides is 1. The van der Waals surface area contributed by atoms with Crippen molar-refractivity contribution in [2.24, 2.45) is 0 Å². The number of fused-ring (bicyclic) bond motifs is 1. The van der Waals surface area contributed by atoms with Gasteiger partial charge in [0.25, 0.3) is 0 Å². The van der Waals surface area contributed by atoms with Crippen LogP contribution in [0.5, 0.6) is 0 Å². The highest BCUT2D eigenvalue weighted by Crippen LogP contribution is 2.13. The summed E-state index contributed by atoms with van der Waals surface area (Å²) in [6.07, 6.45) is 5.82. The molecule has 1 saturated heterocycles. The number of piperazine rings is 1. The lowest BCUT2D eigenvalue weighted by Crippen LogP contribution is -2.53. The summed E-state index contributed by atoms with van der Waals surface area (Å²) >= 11 is 0. The summed E-state index contributed by atoms with van der Waals surface area (Å²) in [6, 6.07) is 6.15. The Balaban J connectivity index is 1.56. The van der Waals surface area contributed by atoms with Crippen LogP contribution < -0.4 is 0 Å². The molecule has 3 heterocycles. The molecule has 0 spiro atoms. The van der Waals surface area contributed by atoms with E-state index in [0.29, 0.717) is 25.8 Å². The largest absolute Gasteiger partial charge is 0.396 e. The Morgan fingerprint density at radius 3 is 3.04 bits per heavy atom. The SMILES string of the molecule is CN1CCN(C(=O)CCc2cn3ccccc3n2)CC1CCO. The summed E-state index contributed by atoms with van der Waals surface area (Å²) in [5.74, 6) is 0.179. The van der Waals surface area contributed by atoms with Crippen LogP contribution in [0.3, 0.4) is 0 Å². The lowest BCUT2D eigenvalue weighted by atomic mass is 10.1. The summed E-state index contributed by atoms with van der Waals surface area (Å²) in [7, 11) is 2.05. The molecule has 6 heteroatoms. The Kier molecular flexibility index (Phi) is 4.93. The summed E-state index contributed by atoms with van der Waals surface area (Å²) in [5, 5.41) is 9.14. The number of rotatable bonds is 5. The maximum absolute atomic E-state index is 12.5. The molecule has 124 valence electrons. The van der Waals surface area contributed by atoms with Crippen LogP contribution in [-0.2, 0) is 11.2 Å². The van der Waals surface area contributed by atoms with Gasteiger partial charge in [-0.2, -0.15) is 0 Å². The van der Waals surface area contributed by atoms with Gasteiger partial charge in [0.15, 0.2) is 0 Å². The van der Waals surface area contributed by atoms with E-state index in [2.05, 4.69) is 16.9 Å². The van der Waals surface area contributed by atoms with Gasteiger partial charge in [0.05, 0.1) is 5.69 Å². The zero-order chi connectivity index (χ0) is 16.2. The van der Waals surface area contributed by atoms with Gasteiger partial charge >= 0.3 is 0 Å². The average Bonchev–Trinajstić information content (AvgIpc) is 2.98. The molecule has 1 fully saturated rings. The minimum atomic E-state index is 0.165. The first-order valence-corrected chi connectivity index (χ1v) is 8.19. The van der Waals surface area contributed by atoms with Gasteiger partial charge in [-0.25, -0.2) is 4.98 Å². The van der Waals surface area contributed by atoms with Crippen LogP contribution in [-0.4, -0.2) is 69.5 Å². The fourth-order valence-electron chi connectivity index (χ4n) is 3.13. The van der Waals surface area contributed by atoms with Crippen LogP contribution in [0, 0.1) is 0 Å². The van der Waals surface area contributed by atoms with Crippen LogP contribution in [0.2, 0.25) is 0 Å². The second kappa shape index (κ2) is 7.10. The van der Waals surface area contributed by atoms with Crippen molar-refractivity contribution in [2.45, 2.75) is 25.3 Å². The van der Waals surface area contributed by atoms with E-state index in [0.717, 1.165) is 24.4 Å². The normalized spacial score (nSPS) is 19.4. The third-order valence-corrected chi connectivity index (χ3v) is 4.60. The molecule has 0 aliphatic carbocycles. The molecule has 1 atom stereocenters. The Labute approximate surface area is 136 Å². The molecule has 1 N–H and O–H groups in total. The summed E-state index contributed by atoms with van der Waals surface area (Å²) < 4.78 is 1.98. The number of carbonyl (C=O) groups is 1. The van der Waals surface area contributed by atoms with E-state index < -0.39 is 0 Å². The molecule has 0 aromatic carbocycles. The first kappa shape index (κ1) is 16.0. The molecule has 1 amide bonds. The minimum absolute atomic E-state index is 0.165. The van der Waals surface area contributed by atoms with E-state index in [-0.39, 0.29) is 18.6 Å². The third-order valence-electron chi connectivity index (χ3n) is 4.60. The zero-order valence-corrected chi connectivity index (χ0v) is 13.6. The fourth-order valence-corrected chi connectivity index (χ4v) is 3.13. The van der Waals surface area contributed by atoms with Crippen LogP contribution in [0.25, 0.3) is 5.65 Å². The highest BCUT2D eigenvalue weighted by molar-refractivity contribution is 5.76. The van der Waals surface area contributed by atoms with Crippen LogP contribution in [0.4, 0.5) is 0 Å². The van der Waals surface area contributed by atoms with E-state index in [1.807, 2.05) is 39.9 Å². The maximum atomic E-state index is 12.5. The van der Waals surface area contributed by atoms with Gasteiger partial charge in [0, 0.05) is 51.1 Å². The van der Waals surface area contributed by atoms with Crippen molar-refractivity contribution in [2.75, 3.05) is 33.3 Å². The molecule has 6 nitrogen and oxygen atoms in total. The molecule has 0 bridgehead atoms. The number of likely N-dealkylation sites (N-methyl/N-ethyl adjacent to an activating group) is 1. The number of aryl methyl sites for hydroxylation is 1. The summed E-state index contributed by atoms with van der Waals surface area (Å²) in [5.41, 5.74) is 1.86. The van der Waals surface area contributed by atoms with Gasteiger partial charge in [-0.1, -0.05) is 6.07 Å². The highest BCUT2D eigenvalue weighted by Gasteiger charge is 2.26. The molecule has 2 aromatic rings. The van der Waals surface area contributed by atoms with Crippen molar-refractivity contribution in [1.29, 1.82) is 0 Å². The molecular weight excluding hydrogens is 292 g/mol. The van der Waals surface area contributed by atoms with Gasteiger partial charge in [-0.3, -0.25) is 9.69 Å². The maximum Gasteiger partial charge on any atom is 0.223 e. The van der Waals surface area contributed by atoms with E-state index in [9.17, 15) is 4.79 Å². The molecule has 1 aliphatic rings. The first-order chi connectivity index (χ1) is 11.2. The van der Waals surface area contributed by atoms with Gasteiger partial charge in [0.2, 0.25) is 5.91 Å². The molecule has 0 saturated carbocycles. The van der Waals surface area contributed by atoms with Gasteiger partial charge < -0.3 is 14.4 Å². The van der Waals surface area contributed by atoms with Crippen molar-refractivity contribution in [1.82, 2.24) is 19.2 Å². The number of imidazole rings is 1. The van der Waals surface area contributed by atoms with Gasteiger partial charge in [-0.05, 0) is 32.0 Å². The molecule has 1 aliphatic heterocycles. The topological polar surface area (TPSA) is 61.1 Å². The number of aliphatic hydroxyl groups excluding tert-OH is 1. The standard InChI is InChI=1S/C17H24N4O2/c1-19-9-10-21(13-15(19)7-11-22)17(23)6-5-14-12-20-8-3-2-4-16(20)18-14/h2-4,8,12,15,22H,5-7,9-11,13H2,1H3. The lowest BCUT2D eigenvalue weighted by Gasteiger charge is -2.39.